The molecule has 23 heavy (non-hydrogen) atoms. The Morgan fingerprint density at radius 2 is 1.70 bits per heavy atom. The minimum atomic E-state index is -4.47. The number of carbonyl (C=O) groups excluding carboxylic acids is 1. The van der Waals surface area contributed by atoms with Crippen LogP contribution in [0.3, 0.4) is 0 Å². The van der Waals surface area contributed by atoms with Gasteiger partial charge in [-0.05, 0) is 56.7 Å². The van der Waals surface area contributed by atoms with Crippen LogP contribution >= 0.6 is 0 Å². The minimum Gasteiger partial charge on any atom is -0.491 e. The summed E-state index contributed by atoms with van der Waals surface area (Å²) in [5, 5.41) is 0. The van der Waals surface area contributed by atoms with E-state index in [-0.39, 0.29) is 11.7 Å². The van der Waals surface area contributed by atoms with Crippen molar-refractivity contribution in [3.05, 3.63) is 64.7 Å². The summed E-state index contributed by atoms with van der Waals surface area (Å²) in [7, 11) is 0. The Labute approximate surface area is 132 Å². The molecule has 0 aliphatic carbocycles. The van der Waals surface area contributed by atoms with E-state index in [4.69, 9.17) is 4.74 Å². The maximum Gasteiger partial charge on any atom is 0.416 e. The summed E-state index contributed by atoms with van der Waals surface area (Å²) in [6, 6.07) is 9.28. The molecule has 2 nitrogen and oxygen atoms in total. The molecule has 0 N–H and O–H groups in total. The average molecular weight is 322 g/mol. The number of hydrogen-bond acceptors (Lipinski definition) is 2. The number of aryl methyl sites for hydroxylation is 1. The number of ketones is 1. The predicted molar refractivity (Wildman–Crippen MR) is 81.8 cm³/mol. The summed E-state index contributed by atoms with van der Waals surface area (Å²) in [4.78, 5) is 12.4. The molecule has 0 radical (unpaired) electrons. The zero-order chi connectivity index (χ0) is 17.2. The van der Waals surface area contributed by atoms with Gasteiger partial charge in [-0.15, -0.1) is 0 Å². The molecule has 0 fully saturated rings. The summed E-state index contributed by atoms with van der Waals surface area (Å²) < 4.78 is 43.8. The molecule has 0 heterocycles. The van der Waals surface area contributed by atoms with E-state index in [0.717, 1.165) is 17.7 Å². The molecule has 0 spiro atoms. The Bertz CT molecular complexity index is 718. The first-order valence-corrected chi connectivity index (χ1v) is 7.17. The van der Waals surface area contributed by atoms with Crippen molar-refractivity contribution >= 4 is 5.78 Å². The summed E-state index contributed by atoms with van der Waals surface area (Å²) in [5.74, 6) is 0.205. The molecule has 122 valence electrons. The molecule has 0 bridgehead atoms. The predicted octanol–water partition coefficient (Wildman–Crippen LogP) is 5.03. The van der Waals surface area contributed by atoms with Crippen LogP contribution in [0.1, 0.15) is 40.9 Å². The van der Waals surface area contributed by atoms with Gasteiger partial charge in [0.2, 0.25) is 0 Å². The van der Waals surface area contributed by atoms with Crippen molar-refractivity contribution in [2.45, 2.75) is 33.1 Å². The Hall–Kier alpha value is -2.30. The van der Waals surface area contributed by atoms with E-state index in [9.17, 15) is 18.0 Å². The number of rotatable bonds is 4. The third kappa shape index (κ3) is 4.12. The fourth-order valence-electron chi connectivity index (χ4n) is 2.18. The fourth-order valence-corrected chi connectivity index (χ4v) is 2.18. The normalized spacial score (nSPS) is 11.6. The van der Waals surface area contributed by atoms with Crippen LogP contribution in [0.5, 0.6) is 5.75 Å². The maximum absolute atomic E-state index is 12.7. The smallest absolute Gasteiger partial charge is 0.416 e. The third-order valence-electron chi connectivity index (χ3n) is 3.25. The van der Waals surface area contributed by atoms with Gasteiger partial charge < -0.3 is 4.74 Å². The molecule has 2 rings (SSSR count). The number of halogens is 3. The first kappa shape index (κ1) is 17.1. The fraction of sp³-hybridized carbons (Fsp3) is 0.278. The second-order valence-corrected chi connectivity index (χ2v) is 5.55. The van der Waals surface area contributed by atoms with Crippen molar-refractivity contribution in [2.24, 2.45) is 0 Å². The van der Waals surface area contributed by atoms with Crippen molar-refractivity contribution < 1.29 is 22.7 Å². The van der Waals surface area contributed by atoms with Crippen LogP contribution in [-0.2, 0) is 6.18 Å². The standard InChI is InChI=1S/C18H17F3O2/c1-11(2)23-16-8-7-14(9-12(16)3)17(22)13-5-4-6-15(10-13)18(19,20)21/h4-11H,1-3H3. The lowest BCUT2D eigenvalue weighted by molar-refractivity contribution is -0.137. The molecule has 5 heteroatoms. The van der Waals surface area contributed by atoms with E-state index in [2.05, 4.69) is 0 Å². The molecule has 0 aliphatic rings. The van der Waals surface area contributed by atoms with Gasteiger partial charge in [-0.2, -0.15) is 13.2 Å². The molecule has 0 saturated carbocycles. The van der Waals surface area contributed by atoms with E-state index in [0.29, 0.717) is 11.3 Å². The third-order valence-corrected chi connectivity index (χ3v) is 3.25. The number of benzene rings is 2. The first-order chi connectivity index (χ1) is 10.7. The van der Waals surface area contributed by atoms with Crippen molar-refractivity contribution in [1.29, 1.82) is 0 Å². The average Bonchev–Trinajstić information content (AvgIpc) is 2.47. The second-order valence-electron chi connectivity index (χ2n) is 5.55. The van der Waals surface area contributed by atoms with Crippen LogP contribution in [0.15, 0.2) is 42.5 Å². The Morgan fingerprint density at radius 1 is 1.04 bits per heavy atom. The molecule has 0 amide bonds. The molecular formula is C18H17F3O2. The molecule has 2 aromatic carbocycles. The number of hydrogen-bond donors (Lipinski definition) is 0. The van der Waals surface area contributed by atoms with E-state index < -0.39 is 17.5 Å². The molecular weight excluding hydrogens is 305 g/mol. The van der Waals surface area contributed by atoms with Gasteiger partial charge in [-0.3, -0.25) is 4.79 Å². The van der Waals surface area contributed by atoms with Gasteiger partial charge in [0.05, 0.1) is 11.7 Å². The van der Waals surface area contributed by atoms with Crippen LogP contribution in [0.25, 0.3) is 0 Å². The van der Waals surface area contributed by atoms with Crippen LogP contribution in [-0.4, -0.2) is 11.9 Å². The van der Waals surface area contributed by atoms with E-state index in [1.54, 1.807) is 25.1 Å². The Kier molecular flexibility index (Phi) is 4.78. The zero-order valence-corrected chi connectivity index (χ0v) is 13.1. The van der Waals surface area contributed by atoms with Crippen molar-refractivity contribution in [3.8, 4) is 5.75 Å². The van der Waals surface area contributed by atoms with E-state index in [1.807, 2.05) is 13.8 Å². The molecule has 0 aliphatic heterocycles. The van der Waals surface area contributed by atoms with E-state index >= 15 is 0 Å². The highest BCUT2D eigenvalue weighted by molar-refractivity contribution is 6.09. The summed E-state index contributed by atoms with van der Waals surface area (Å²) in [6.07, 6.45) is -4.47. The summed E-state index contributed by atoms with van der Waals surface area (Å²) in [5.41, 5.74) is 0.269. The highest BCUT2D eigenvalue weighted by Crippen LogP contribution is 2.30. The van der Waals surface area contributed by atoms with E-state index in [1.165, 1.54) is 12.1 Å². The van der Waals surface area contributed by atoms with Crippen LogP contribution in [0, 0.1) is 6.92 Å². The van der Waals surface area contributed by atoms with Crippen LogP contribution in [0.2, 0.25) is 0 Å². The van der Waals surface area contributed by atoms with Crippen molar-refractivity contribution in [1.82, 2.24) is 0 Å². The van der Waals surface area contributed by atoms with Crippen LogP contribution in [0.4, 0.5) is 13.2 Å². The monoisotopic (exact) mass is 322 g/mol. The Balaban J connectivity index is 2.32. The lowest BCUT2D eigenvalue weighted by atomic mass is 9.99. The second kappa shape index (κ2) is 6.44. The molecule has 2 aromatic rings. The van der Waals surface area contributed by atoms with Crippen LogP contribution < -0.4 is 4.74 Å². The quantitative estimate of drug-likeness (QED) is 0.738. The zero-order valence-electron chi connectivity index (χ0n) is 13.1. The van der Waals surface area contributed by atoms with Crippen molar-refractivity contribution in [3.63, 3.8) is 0 Å². The minimum absolute atomic E-state index is 0.00119. The molecule has 0 saturated heterocycles. The van der Waals surface area contributed by atoms with Gasteiger partial charge in [0.15, 0.2) is 5.78 Å². The molecule has 0 unspecified atom stereocenters. The van der Waals surface area contributed by atoms with Gasteiger partial charge in [0, 0.05) is 11.1 Å². The summed E-state index contributed by atoms with van der Waals surface area (Å²) >= 11 is 0. The summed E-state index contributed by atoms with van der Waals surface area (Å²) in [6.45, 7) is 5.57. The molecule has 0 atom stereocenters. The lowest BCUT2D eigenvalue weighted by Gasteiger charge is -2.13. The SMILES string of the molecule is Cc1cc(C(=O)c2cccc(C(F)(F)F)c2)ccc1OC(C)C. The Morgan fingerprint density at radius 3 is 2.26 bits per heavy atom. The molecule has 0 aromatic heterocycles. The number of ether oxygens (including phenoxy) is 1. The van der Waals surface area contributed by atoms with Crippen molar-refractivity contribution in [2.75, 3.05) is 0 Å². The topological polar surface area (TPSA) is 26.3 Å². The number of alkyl halides is 3. The van der Waals surface area contributed by atoms with Gasteiger partial charge in [-0.1, -0.05) is 12.1 Å². The van der Waals surface area contributed by atoms with Gasteiger partial charge in [0.25, 0.3) is 0 Å². The van der Waals surface area contributed by atoms with Gasteiger partial charge >= 0.3 is 6.18 Å². The highest BCUT2D eigenvalue weighted by Gasteiger charge is 2.31. The lowest BCUT2D eigenvalue weighted by Crippen LogP contribution is -2.09. The maximum atomic E-state index is 12.7. The first-order valence-electron chi connectivity index (χ1n) is 7.17. The number of carbonyl (C=O) groups is 1. The largest absolute Gasteiger partial charge is 0.491 e. The highest BCUT2D eigenvalue weighted by atomic mass is 19.4. The van der Waals surface area contributed by atoms with Gasteiger partial charge in [0.1, 0.15) is 5.75 Å². The van der Waals surface area contributed by atoms with Gasteiger partial charge in [-0.25, -0.2) is 0 Å².